The molecule has 1 heterocycles. The van der Waals surface area contributed by atoms with E-state index >= 15 is 0 Å². The Kier molecular flexibility index (Phi) is 3.62. The van der Waals surface area contributed by atoms with Crippen molar-refractivity contribution in [1.29, 1.82) is 5.26 Å². The van der Waals surface area contributed by atoms with Gasteiger partial charge >= 0.3 is 0 Å². The third-order valence-electron chi connectivity index (χ3n) is 3.03. The molecule has 1 atom stereocenters. The quantitative estimate of drug-likeness (QED) is 0.765. The first-order chi connectivity index (χ1) is 8.32. The fraction of sp³-hybridized carbons (Fsp3) is 0.462. The molecule has 0 bridgehead atoms. The number of hydrogen-bond donors (Lipinski definition) is 2. The molecule has 0 saturated heterocycles. The zero-order valence-electron chi connectivity index (χ0n) is 9.65. The molecule has 2 N–H and O–H groups in total. The van der Waals surface area contributed by atoms with Gasteiger partial charge in [-0.3, -0.25) is 5.32 Å². The molecule has 1 aromatic carbocycles. The summed E-state index contributed by atoms with van der Waals surface area (Å²) >= 11 is 0. The summed E-state index contributed by atoms with van der Waals surface area (Å²) in [6.07, 6.45) is 1.28. The van der Waals surface area contributed by atoms with E-state index in [1.807, 2.05) is 24.3 Å². The summed E-state index contributed by atoms with van der Waals surface area (Å²) in [5, 5.41) is 21.5. The zero-order chi connectivity index (χ0) is 12.1. The Labute approximate surface area is 101 Å². The van der Waals surface area contributed by atoms with Crippen LogP contribution in [0.4, 0.5) is 0 Å². The first-order valence-electron chi connectivity index (χ1n) is 5.82. The lowest BCUT2D eigenvalue weighted by Gasteiger charge is -2.34. The maximum atomic E-state index is 9.46. The van der Waals surface area contributed by atoms with Gasteiger partial charge in [-0.15, -0.1) is 0 Å². The summed E-state index contributed by atoms with van der Waals surface area (Å²) in [6, 6.07) is 9.98. The SMILES string of the molecule is N#CC1(NCCCO)CCOc2ccccc21. The van der Waals surface area contributed by atoms with Crippen LogP contribution in [0.25, 0.3) is 0 Å². The van der Waals surface area contributed by atoms with Crippen molar-refractivity contribution in [3.63, 3.8) is 0 Å². The van der Waals surface area contributed by atoms with Crippen molar-refractivity contribution in [3.05, 3.63) is 29.8 Å². The van der Waals surface area contributed by atoms with Crippen molar-refractivity contribution >= 4 is 0 Å². The predicted octanol–water partition coefficient (Wildman–Crippen LogP) is 1.16. The van der Waals surface area contributed by atoms with E-state index in [-0.39, 0.29) is 6.61 Å². The van der Waals surface area contributed by atoms with E-state index in [4.69, 9.17) is 9.84 Å². The van der Waals surface area contributed by atoms with Gasteiger partial charge in [0.2, 0.25) is 0 Å². The maximum Gasteiger partial charge on any atom is 0.139 e. The number of benzene rings is 1. The minimum Gasteiger partial charge on any atom is -0.493 e. The number of nitrogens with one attached hydrogen (secondary N) is 1. The summed E-state index contributed by atoms with van der Waals surface area (Å²) in [5.41, 5.74) is 0.219. The zero-order valence-corrected chi connectivity index (χ0v) is 9.65. The third kappa shape index (κ3) is 2.26. The van der Waals surface area contributed by atoms with Gasteiger partial charge in [0.25, 0.3) is 0 Å². The highest BCUT2D eigenvalue weighted by Gasteiger charge is 2.37. The molecule has 0 amide bonds. The van der Waals surface area contributed by atoms with Crippen LogP contribution in [0.3, 0.4) is 0 Å². The molecular weight excluding hydrogens is 216 g/mol. The minimum absolute atomic E-state index is 0.132. The number of ether oxygens (including phenoxy) is 1. The van der Waals surface area contributed by atoms with E-state index in [1.165, 1.54) is 0 Å². The van der Waals surface area contributed by atoms with Crippen LogP contribution in [-0.2, 0) is 5.54 Å². The van der Waals surface area contributed by atoms with Gasteiger partial charge in [-0.2, -0.15) is 5.26 Å². The van der Waals surface area contributed by atoms with Crippen LogP contribution in [0.5, 0.6) is 5.75 Å². The molecule has 17 heavy (non-hydrogen) atoms. The van der Waals surface area contributed by atoms with E-state index in [0.717, 1.165) is 11.3 Å². The van der Waals surface area contributed by atoms with Gasteiger partial charge in [0.1, 0.15) is 11.3 Å². The predicted molar refractivity (Wildman–Crippen MR) is 63.6 cm³/mol. The molecule has 1 aliphatic heterocycles. The molecule has 0 spiro atoms. The smallest absolute Gasteiger partial charge is 0.139 e. The molecular formula is C13H16N2O2. The Balaban J connectivity index is 2.27. The van der Waals surface area contributed by atoms with Gasteiger partial charge < -0.3 is 9.84 Å². The molecule has 1 unspecified atom stereocenters. The largest absolute Gasteiger partial charge is 0.493 e. The maximum absolute atomic E-state index is 9.46. The lowest BCUT2D eigenvalue weighted by atomic mass is 9.85. The Hall–Kier alpha value is -1.57. The van der Waals surface area contributed by atoms with Crippen molar-refractivity contribution in [2.75, 3.05) is 19.8 Å². The Morgan fingerprint density at radius 2 is 2.29 bits per heavy atom. The number of aliphatic hydroxyl groups is 1. The van der Waals surface area contributed by atoms with E-state index in [0.29, 0.717) is 26.0 Å². The van der Waals surface area contributed by atoms with E-state index in [1.54, 1.807) is 0 Å². The molecule has 4 nitrogen and oxygen atoms in total. The van der Waals surface area contributed by atoms with Gasteiger partial charge in [-0.05, 0) is 19.0 Å². The van der Waals surface area contributed by atoms with Crippen molar-refractivity contribution in [1.82, 2.24) is 5.32 Å². The lowest BCUT2D eigenvalue weighted by Crippen LogP contribution is -2.45. The highest BCUT2D eigenvalue weighted by atomic mass is 16.5. The molecule has 90 valence electrons. The van der Waals surface area contributed by atoms with Crippen LogP contribution in [0.1, 0.15) is 18.4 Å². The van der Waals surface area contributed by atoms with Crippen LogP contribution < -0.4 is 10.1 Å². The van der Waals surface area contributed by atoms with Gasteiger partial charge in [0.15, 0.2) is 0 Å². The van der Waals surface area contributed by atoms with Crippen LogP contribution in [0.15, 0.2) is 24.3 Å². The molecule has 0 saturated carbocycles. The number of rotatable bonds is 4. The summed E-state index contributed by atoms with van der Waals surface area (Å²) in [7, 11) is 0. The summed E-state index contributed by atoms with van der Waals surface area (Å²) in [5.74, 6) is 0.775. The van der Waals surface area contributed by atoms with Crippen LogP contribution >= 0.6 is 0 Å². The second-order valence-electron chi connectivity index (χ2n) is 4.12. The molecule has 4 heteroatoms. The van der Waals surface area contributed by atoms with Gasteiger partial charge in [-0.25, -0.2) is 0 Å². The van der Waals surface area contributed by atoms with Crippen molar-refractivity contribution < 1.29 is 9.84 Å². The van der Waals surface area contributed by atoms with E-state index < -0.39 is 5.54 Å². The lowest BCUT2D eigenvalue weighted by molar-refractivity contribution is 0.214. The van der Waals surface area contributed by atoms with Gasteiger partial charge in [0, 0.05) is 18.6 Å². The fourth-order valence-electron chi connectivity index (χ4n) is 2.11. The third-order valence-corrected chi connectivity index (χ3v) is 3.03. The first kappa shape index (κ1) is 11.9. The highest BCUT2D eigenvalue weighted by Crippen LogP contribution is 2.36. The van der Waals surface area contributed by atoms with Crippen LogP contribution in [-0.4, -0.2) is 24.9 Å². The minimum atomic E-state index is -0.677. The number of para-hydroxylation sites is 1. The second kappa shape index (κ2) is 5.17. The van der Waals surface area contributed by atoms with Crippen molar-refractivity contribution in [2.45, 2.75) is 18.4 Å². The average molecular weight is 232 g/mol. The summed E-state index contributed by atoms with van der Waals surface area (Å²) < 4.78 is 5.55. The van der Waals surface area contributed by atoms with E-state index in [2.05, 4.69) is 11.4 Å². The average Bonchev–Trinajstić information content (AvgIpc) is 2.39. The number of aliphatic hydroxyl groups excluding tert-OH is 1. The fourth-order valence-corrected chi connectivity index (χ4v) is 2.11. The number of fused-ring (bicyclic) bond motifs is 1. The number of nitrogens with zero attached hydrogens (tertiary/aromatic N) is 1. The summed E-state index contributed by atoms with van der Waals surface area (Å²) in [6.45, 7) is 1.29. The van der Waals surface area contributed by atoms with E-state index in [9.17, 15) is 5.26 Å². The highest BCUT2D eigenvalue weighted by molar-refractivity contribution is 5.44. The van der Waals surface area contributed by atoms with Crippen LogP contribution in [0, 0.1) is 11.3 Å². The molecule has 2 rings (SSSR count). The van der Waals surface area contributed by atoms with Gasteiger partial charge in [-0.1, -0.05) is 18.2 Å². The van der Waals surface area contributed by atoms with Gasteiger partial charge in [0.05, 0.1) is 12.7 Å². The normalized spacial score (nSPS) is 22.4. The van der Waals surface area contributed by atoms with Crippen molar-refractivity contribution in [3.8, 4) is 11.8 Å². The monoisotopic (exact) mass is 232 g/mol. The number of nitriles is 1. The molecule has 1 aromatic rings. The van der Waals surface area contributed by atoms with Crippen LogP contribution in [0.2, 0.25) is 0 Å². The number of hydrogen-bond acceptors (Lipinski definition) is 4. The topological polar surface area (TPSA) is 65.3 Å². The Morgan fingerprint density at radius 3 is 3.06 bits per heavy atom. The molecule has 0 aromatic heterocycles. The molecule has 0 aliphatic carbocycles. The Bertz CT molecular complexity index is 428. The molecule has 0 fully saturated rings. The standard InChI is InChI=1S/C13H16N2O2/c14-10-13(15-7-3-8-16)6-9-17-12-5-2-1-4-11(12)13/h1-2,4-5,15-16H,3,6-9H2. The Morgan fingerprint density at radius 1 is 1.47 bits per heavy atom. The summed E-state index contributed by atoms with van der Waals surface area (Å²) in [4.78, 5) is 0. The molecule has 0 radical (unpaired) electrons. The van der Waals surface area contributed by atoms with Crippen molar-refractivity contribution in [2.24, 2.45) is 0 Å². The first-order valence-corrected chi connectivity index (χ1v) is 5.82. The second-order valence-corrected chi connectivity index (χ2v) is 4.12. The molecule has 1 aliphatic rings.